The van der Waals surface area contributed by atoms with Crippen LogP contribution in [0.4, 0.5) is 4.79 Å². The van der Waals surface area contributed by atoms with E-state index in [0.717, 1.165) is 5.56 Å². The molecule has 1 atom stereocenters. The predicted octanol–water partition coefficient (Wildman–Crippen LogP) is 5.16. The van der Waals surface area contributed by atoms with Crippen LogP contribution in [0.3, 0.4) is 0 Å². The Morgan fingerprint density at radius 1 is 1.14 bits per heavy atom. The van der Waals surface area contributed by atoms with E-state index in [1.807, 2.05) is 18.2 Å². The van der Waals surface area contributed by atoms with Crippen LogP contribution in [-0.4, -0.2) is 11.3 Å². The molecule has 1 aliphatic rings. The molecule has 112 valence electrons. The van der Waals surface area contributed by atoms with Crippen LogP contribution >= 0.6 is 23.2 Å². The second-order valence-corrected chi connectivity index (χ2v) is 5.44. The second kappa shape index (κ2) is 5.91. The lowest BCUT2D eigenvalue weighted by Crippen LogP contribution is -2.18. The summed E-state index contributed by atoms with van der Waals surface area (Å²) in [6, 6.07) is 12.2. The van der Waals surface area contributed by atoms with Crippen molar-refractivity contribution in [1.82, 2.24) is 0 Å². The maximum absolute atomic E-state index is 10.9. The molecule has 1 unspecified atom stereocenters. The van der Waals surface area contributed by atoms with E-state index >= 15 is 0 Å². The first kappa shape index (κ1) is 14.8. The van der Waals surface area contributed by atoms with Crippen LogP contribution in [0.2, 0.25) is 10.0 Å². The molecule has 6 heteroatoms. The fourth-order valence-electron chi connectivity index (χ4n) is 2.21. The summed E-state index contributed by atoms with van der Waals surface area (Å²) in [6.07, 6.45) is -0.472. The van der Waals surface area contributed by atoms with Crippen LogP contribution in [0.15, 0.2) is 48.2 Å². The molecule has 0 radical (unpaired) electrons. The fourth-order valence-corrected chi connectivity index (χ4v) is 2.52. The molecule has 0 saturated carbocycles. The van der Waals surface area contributed by atoms with Crippen LogP contribution in [0.5, 0.6) is 5.75 Å². The number of para-hydroxylation sites is 1. The van der Waals surface area contributed by atoms with Gasteiger partial charge in [-0.1, -0.05) is 47.5 Å². The molecule has 22 heavy (non-hydrogen) atoms. The molecule has 2 aromatic carbocycles. The molecule has 1 aliphatic heterocycles. The highest BCUT2D eigenvalue weighted by atomic mass is 35.5. The summed E-state index contributed by atoms with van der Waals surface area (Å²) < 4.78 is 10.7. The largest absolute Gasteiger partial charge is 0.511 e. The summed E-state index contributed by atoms with van der Waals surface area (Å²) in [5.41, 5.74) is 1.39. The third-order valence-corrected chi connectivity index (χ3v) is 3.91. The molecule has 1 heterocycles. The Morgan fingerprint density at radius 3 is 2.64 bits per heavy atom. The second-order valence-electron chi connectivity index (χ2n) is 4.62. The van der Waals surface area contributed by atoms with Crippen molar-refractivity contribution in [2.24, 2.45) is 0 Å². The van der Waals surface area contributed by atoms with E-state index in [0.29, 0.717) is 21.4 Å². The monoisotopic (exact) mass is 336 g/mol. The van der Waals surface area contributed by atoms with Gasteiger partial charge in [-0.2, -0.15) is 0 Å². The summed E-state index contributed by atoms with van der Waals surface area (Å²) in [6.45, 7) is 0. The van der Waals surface area contributed by atoms with E-state index in [4.69, 9.17) is 37.8 Å². The van der Waals surface area contributed by atoms with Gasteiger partial charge < -0.3 is 14.6 Å². The molecule has 3 rings (SSSR count). The molecule has 1 N–H and O–H groups in total. The van der Waals surface area contributed by atoms with Gasteiger partial charge in [0, 0.05) is 11.1 Å². The van der Waals surface area contributed by atoms with E-state index in [1.165, 1.54) is 0 Å². The first-order valence-electron chi connectivity index (χ1n) is 6.37. The van der Waals surface area contributed by atoms with Crippen LogP contribution in [0.25, 0.3) is 6.08 Å². The first-order valence-corrected chi connectivity index (χ1v) is 7.13. The summed E-state index contributed by atoms with van der Waals surface area (Å²) in [4.78, 5) is 10.9. The van der Waals surface area contributed by atoms with Gasteiger partial charge in [-0.25, -0.2) is 4.79 Å². The number of halogens is 2. The number of ether oxygens (including phenoxy) is 2. The third kappa shape index (κ3) is 2.89. The van der Waals surface area contributed by atoms with E-state index in [9.17, 15) is 4.79 Å². The number of carboxylic acid groups (broad SMARTS) is 1. The summed E-state index contributed by atoms with van der Waals surface area (Å²) in [5.74, 6) is 0.806. The van der Waals surface area contributed by atoms with E-state index < -0.39 is 12.3 Å². The minimum atomic E-state index is -1.40. The van der Waals surface area contributed by atoms with Crippen LogP contribution in [-0.2, 0) is 4.74 Å². The Balaban J connectivity index is 2.05. The lowest BCUT2D eigenvalue weighted by atomic mass is 10.0. The van der Waals surface area contributed by atoms with Crippen molar-refractivity contribution in [3.8, 4) is 5.75 Å². The average molecular weight is 337 g/mol. The highest BCUT2D eigenvalue weighted by Gasteiger charge is 2.28. The quantitative estimate of drug-likeness (QED) is 0.769. The lowest BCUT2D eigenvalue weighted by molar-refractivity contribution is 0.0900. The van der Waals surface area contributed by atoms with E-state index in [2.05, 4.69) is 0 Å². The van der Waals surface area contributed by atoms with E-state index in [-0.39, 0.29) is 5.76 Å². The van der Waals surface area contributed by atoms with Gasteiger partial charge >= 0.3 is 6.16 Å². The smallest absolute Gasteiger partial charge is 0.477 e. The summed E-state index contributed by atoms with van der Waals surface area (Å²) in [5, 5.41) is 9.68. The van der Waals surface area contributed by atoms with Crippen LogP contribution < -0.4 is 4.74 Å². The summed E-state index contributed by atoms with van der Waals surface area (Å²) in [7, 11) is 0. The van der Waals surface area contributed by atoms with Gasteiger partial charge in [-0.05, 0) is 24.3 Å². The maximum Gasteiger partial charge on any atom is 0.511 e. The number of benzene rings is 2. The van der Waals surface area contributed by atoms with Crippen molar-refractivity contribution in [3.63, 3.8) is 0 Å². The topological polar surface area (TPSA) is 55.8 Å². The zero-order valence-corrected chi connectivity index (χ0v) is 12.6. The fraction of sp³-hybridized carbons (Fsp3) is 0.0625. The van der Waals surface area contributed by atoms with Crippen molar-refractivity contribution < 1.29 is 19.4 Å². The minimum absolute atomic E-state index is 0.171. The number of carbonyl (C=O) groups is 1. The molecular weight excluding hydrogens is 327 g/mol. The van der Waals surface area contributed by atoms with Crippen molar-refractivity contribution in [2.75, 3.05) is 0 Å². The normalized spacial score (nSPS) is 16.3. The Hall–Kier alpha value is -2.17. The Kier molecular flexibility index (Phi) is 3.96. The number of rotatable bonds is 2. The van der Waals surface area contributed by atoms with Crippen molar-refractivity contribution in [3.05, 3.63) is 69.4 Å². The predicted molar refractivity (Wildman–Crippen MR) is 83.4 cm³/mol. The lowest BCUT2D eigenvalue weighted by Gasteiger charge is -2.26. The third-order valence-electron chi connectivity index (χ3n) is 3.17. The van der Waals surface area contributed by atoms with Gasteiger partial charge in [0.05, 0.1) is 10.0 Å². The molecule has 0 spiro atoms. The summed E-state index contributed by atoms with van der Waals surface area (Å²) >= 11 is 11.9. The average Bonchev–Trinajstić information content (AvgIpc) is 2.49. The van der Waals surface area contributed by atoms with Gasteiger partial charge in [0.15, 0.2) is 11.9 Å². The maximum atomic E-state index is 10.9. The molecule has 0 fully saturated rings. The molecule has 0 amide bonds. The number of hydrogen-bond donors (Lipinski definition) is 1. The Bertz CT molecular complexity index is 770. The number of hydrogen-bond acceptors (Lipinski definition) is 3. The van der Waals surface area contributed by atoms with Gasteiger partial charge in [0.25, 0.3) is 0 Å². The van der Waals surface area contributed by atoms with Crippen LogP contribution in [0, 0.1) is 0 Å². The van der Waals surface area contributed by atoms with Gasteiger partial charge in [0.2, 0.25) is 0 Å². The highest BCUT2D eigenvalue weighted by molar-refractivity contribution is 6.42. The molecule has 0 aliphatic carbocycles. The van der Waals surface area contributed by atoms with E-state index in [1.54, 1.807) is 30.3 Å². The van der Waals surface area contributed by atoms with Gasteiger partial charge in [-0.15, -0.1) is 0 Å². The zero-order chi connectivity index (χ0) is 15.7. The first-order chi connectivity index (χ1) is 10.5. The van der Waals surface area contributed by atoms with Crippen molar-refractivity contribution in [2.45, 2.75) is 6.10 Å². The van der Waals surface area contributed by atoms with Gasteiger partial charge in [-0.3, -0.25) is 0 Å². The molecule has 0 saturated heterocycles. The minimum Gasteiger partial charge on any atom is -0.477 e. The molecule has 0 aromatic heterocycles. The standard InChI is InChI=1S/C16H10Cl2O4/c17-11-6-5-10(7-12(11)18)15-14(22-16(19)20)8-9-3-1-2-4-13(9)21-15/h1-8,15H,(H,19,20). The zero-order valence-electron chi connectivity index (χ0n) is 11.1. The van der Waals surface area contributed by atoms with Crippen molar-refractivity contribution in [1.29, 1.82) is 0 Å². The Morgan fingerprint density at radius 2 is 1.91 bits per heavy atom. The van der Waals surface area contributed by atoms with Crippen molar-refractivity contribution >= 4 is 35.4 Å². The number of fused-ring (bicyclic) bond motifs is 1. The van der Waals surface area contributed by atoms with Crippen LogP contribution in [0.1, 0.15) is 17.2 Å². The van der Waals surface area contributed by atoms with Gasteiger partial charge in [0.1, 0.15) is 5.75 Å². The highest BCUT2D eigenvalue weighted by Crippen LogP contribution is 2.39. The molecular formula is C16H10Cl2O4. The molecule has 4 nitrogen and oxygen atoms in total. The SMILES string of the molecule is O=C(O)OC1=Cc2ccccc2OC1c1ccc(Cl)c(Cl)c1. The molecule has 2 aromatic rings. The molecule has 0 bridgehead atoms. The Labute approximate surface area is 136 Å².